The first kappa shape index (κ1) is 18.0. The van der Waals surface area contributed by atoms with Crippen LogP contribution in [0, 0.1) is 11.3 Å². The van der Waals surface area contributed by atoms with Crippen molar-refractivity contribution in [2.45, 2.75) is 13.5 Å². The van der Waals surface area contributed by atoms with Crippen molar-refractivity contribution >= 4 is 22.1 Å². The van der Waals surface area contributed by atoms with Crippen molar-refractivity contribution in [2.24, 2.45) is 0 Å². The molecule has 2 aromatic heterocycles. The topological polar surface area (TPSA) is 82.8 Å². The highest BCUT2D eigenvalue weighted by molar-refractivity contribution is 5.98. The van der Waals surface area contributed by atoms with Gasteiger partial charge in [-0.3, -0.25) is 0 Å². The zero-order valence-corrected chi connectivity index (χ0v) is 16.2. The lowest BCUT2D eigenvalue weighted by Gasteiger charge is -2.14. The SMILES string of the molecule is CCn1cnc2cc(-c3cc(OCCN(C)C)c(C#N)c4[nH]cnc34)ccc21. The molecule has 0 aliphatic rings. The van der Waals surface area contributed by atoms with Gasteiger partial charge in [0, 0.05) is 18.7 Å². The Hall–Kier alpha value is -3.37. The van der Waals surface area contributed by atoms with E-state index in [9.17, 15) is 5.26 Å². The normalized spacial score (nSPS) is 11.4. The van der Waals surface area contributed by atoms with Gasteiger partial charge in [-0.25, -0.2) is 9.97 Å². The van der Waals surface area contributed by atoms with Crippen molar-refractivity contribution in [1.82, 2.24) is 24.4 Å². The van der Waals surface area contributed by atoms with E-state index in [1.54, 1.807) is 6.33 Å². The maximum Gasteiger partial charge on any atom is 0.140 e. The smallest absolute Gasteiger partial charge is 0.140 e. The number of aromatic nitrogens is 4. The Kier molecular flexibility index (Phi) is 4.72. The molecule has 0 aliphatic heterocycles. The van der Waals surface area contributed by atoms with Crippen LogP contribution < -0.4 is 4.74 Å². The average molecular weight is 374 g/mol. The van der Waals surface area contributed by atoms with E-state index >= 15 is 0 Å². The molecular weight excluding hydrogens is 352 g/mol. The fraction of sp³-hybridized carbons (Fsp3) is 0.286. The second kappa shape index (κ2) is 7.33. The van der Waals surface area contributed by atoms with Gasteiger partial charge in [0.25, 0.3) is 0 Å². The molecule has 0 aliphatic carbocycles. The highest BCUT2D eigenvalue weighted by atomic mass is 16.5. The Morgan fingerprint density at radius 3 is 2.86 bits per heavy atom. The minimum absolute atomic E-state index is 0.478. The number of ether oxygens (including phenoxy) is 1. The van der Waals surface area contributed by atoms with Crippen LogP contribution in [0.3, 0.4) is 0 Å². The van der Waals surface area contributed by atoms with Gasteiger partial charge in [0.2, 0.25) is 0 Å². The van der Waals surface area contributed by atoms with Gasteiger partial charge in [-0.15, -0.1) is 0 Å². The monoisotopic (exact) mass is 374 g/mol. The van der Waals surface area contributed by atoms with Crippen LogP contribution in [0.25, 0.3) is 33.2 Å². The summed E-state index contributed by atoms with van der Waals surface area (Å²) >= 11 is 0. The van der Waals surface area contributed by atoms with Crippen molar-refractivity contribution in [3.8, 4) is 22.9 Å². The molecule has 0 spiro atoms. The Morgan fingerprint density at radius 2 is 2.11 bits per heavy atom. The van der Waals surface area contributed by atoms with Gasteiger partial charge in [0.05, 0.1) is 34.7 Å². The third-order valence-electron chi connectivity index (χ3n) is 4.85. The van der Waals surface area contributed by atoms with Crippen LogP contribution in [0.15, 0.2) is 36.9 Å². The minimum atomic E-state index is 0.478. The molecule has 0 bridgehead atoms. The first-order chi connectivity index (χ1) is 13.6. The molecule has 0 fully saturated rings. The number of imidazole rings is 2. The van der Waals surface area contributed by atoms with Gasteiger partial charge >= 0.3 is 0 Å². The van der Waals surface area contributed by atoms with Crippen molar-refractivity contribution < 1.29 is 4.74 Å². The number of aromatic amines is 1. The fourth-order valence-corrected chi connectivity index (χ4v) is 3.35. The maximum atomic E-state index is 9.68. The van der Waals surface area contributed by atoms with Gasteiger partial charge < -0.3 is 19.2 Å². The Balaban J connectivity index is 1.84. The van der Waals surface area contributed by atoms with Gasteiger partial charge in [-0.2, -0.15) is 5.26 Å². The van der Waals surface area contributed by atoms with Crippen LogP contribution in [0.5, 0.6) is 5.75 Å². The highest BCUT2D eigenvalue weighted by Gasteiger charge is 2.17. The van der Waals surface area contributed by atoms with Gasteiger partial charge in [0.15, 0.2) is 0 Å². The molecule has 4 rings (SSSR count). The van der Waals surface area contributed by atoms with E-state index in [2.05, 4.69) is 50.7 Å². The average Bonchev–Trinajstić information content (AvgIpc) is 3.33. The number of hydrogen-bond donors (Lipinski definition) is 1. The second-order valence-electron chi connectivity index (χ2n) is 6.92. The number of aryl methyl sites for hydroxylation is 1. The number of nitriles is 1. The van der Waals surface area contributed by atoms with Crippen LogP contribution in [0.1, 0.15) is 12.5 Å². The molecule has 0 saturated heterocycles. The number of rotatable bonds is 6. The van der Waals surface area contributed by atoms with E-state index in [0.29, 0.717) is 23.4 Å². The molecule has 2 heterocycles. The largest absolute Gasteiger partial charge is 0.491 e. The highest BCUT2D eigenvalue weighted by Crippen LogP contribution is 2.36. The quantitative estimate of drug-likeness (QED) is 0.559. The Labute approximate surface area is 163 Å². The first-order valence-electron chi connectivity index (χ1n) is 9.25. The molecule has 28 heavy (non-hydrogen) atoms. The van der Waals surface area contributed by atoms with Crippen molar-refractivity contribution in [3.63, 3.8) is 0 Å². The van der Waals surface area contributed by atoms with Crippen LogP contribution in [0.4, 0.5) is 0 Å². The lowest BCUT2D eigenvalue weighted by molar-refractivity contribution is 0.261. The molecule has 0 saturated carbocycles. The molecule has 0 unspecified atom stereocenters. The summed E-state index contributed by atoms with van der Waals surface area (Å²) in [5.74, 6) is 0.565. The molecule has 7 nitrogen and oxygen atoms in total. The summed E-state index contributed by atoms with van der Waals surface area (Å²) in [6, 6.07) is 10.4. The number of H-pyrrole nitrogens is 1. The molecule has 7 heteroatoms. The van der Waals surface area contributed by atoms with E-state index in [4.69, 9.17) is 4.74 Å². The van der Waals surface area contributed by atoms with Crippen molar-refractivity contribution in [1.29, 1.82) is 5.26 Å². The van der Waals surface area contributed by atoms with Crippen LogP contribution in [0.2, 0.25) is 0 Å². The molecule has 0 radical (unpaired) electrons. The Bertz CT molecular complexity index is 1180. The summed E-state index contributed by atoms with van der Waals surface area (Å²) in [6.45, 7) is 4.24. The van der Waals surface area contributed by atoms with E-state index < -0.39 is 0 Å². The van der Waals surface area contributed by atoms with Gasteiger partial charge in [-0.1, -0.05) is 6.07 Å². The summed E-state index contributed by atoms with van der Waals surface area (Å²) in [5.41, 5.74) is 5.87. The molecule has 0 amide bonds. The van der Waals surface area contributed by atoms with Crippen LogP contribution in [-0.2, 0) is 6.54 Å². The summed E-state index contributed by atoms with van der Waals surface area (Å²) in [4.78, 5) is 14.1. The molecule has 2 aromatic carbocycles. The lowest BCUT2D eigenvalue weighted by atomic mass is 10.0. The Morgan fingerprint density at radius 1 is 1.25 bits per heavy atom. The molecule has 1 N–H and O–H groups in total. The number of nitrogens with zero attached hydrogens (tertiary/aromatic N) is 5. The van der Waals surface area contributed by atoms with E-state index in [0.717, 1.165) is 40.8 Å². The summed E-state index contributed by atoms with van der Waals surface area (Å²) in [6.07, 6.45) is 3.47. The zero-order valence-electron chi connectivity index (χ0n) is 16.2. The molecular formula is C21H22N6O. The minimum Gasteiger partial charge on any atom is -0.491 e. The summed E-state index contributed by atoms with van der Waals surface area (Å²) in [7, 11) is 3.98. The van der Waals surface area contributed by atoms with Crippen LogP contribution >= 0.6 is 0 Å². The number of benzene rings is 2. The predicted octanol–water partition coefficient (Wildman–Crippen LogP) is 3.41. The molecule has 4 aromatic rings. The van der Waals surface area contributed by atoms with Crippen molar-refractivity contribution in [2.75, 3.05) is 27.2 Å². The van der Waals surface area contributed by atoms with Crippen molar-refractivity contribution in [3.05, 3.63) is 42.5 Å². The standard InChI is InChI=1S/C21H22N6O/c1-4-27-13-25-17-9-14(5-6-18(17)27)15-10-19(28-8-7-26(2)3)16(11-22)21-20(15)23-12-24-21/h5-6,9-10,12-13H,4,7-8H2,1-3H3,(H,23,24). The summed E-state index contributed by atoms with van der Waals surface area (Å²) < 4.78 is 8.06. The lowest BCUT2D eigenvalue weighted by Crippen LogP contribution is -2.19. The van der Waals surface area contributed by atoms with E-state index in [-0.39, 0.29) is 0 Å². The number of likely N-dealkylation sites (N-methyl/N-ethyl adjacent to an activating group) is 1. The number of fused-ring (bicyclic) bond motifs is 2. The van der Waals surface area contributed by atoms with Crippen LogP contribution in [-0.4, -0.2) is 51.7 Å². The third kappa shape index (κ3) is 3.08. The third-order valence-corrected chi connectivity index (χ3v) is 4.85. The number of nitrogens with one attached hydrogen (secondary N) is 1. The van der Waals surface area contributed by atoms with Gasteiger partial charge in [-0.05, 0) is 44.8 Å². The second-order valence-corrected chi connectivity index (χ2v) is 6.92. The summed E-state index contributed by atoms with van der Waals surface area (Å²) in [5, 5.41) is 9.68. The first-order valence-corrected chi connectivity index (χ1v) is 9.25. The molecule has 142 valence electrons. The number of hydrogen-bond acceptors (Lipinski definition) is 5. The predicted molar refractivity (Wildman–Crippen MR) is 109 cm³/mol. The zero-order chi connectivity index (χ0) is 19.7. The van der Waals surface area contributed by atoms with E-state index in [1.165, 1.54) is 0 Å². The maximum absolute atomic E-state index is 9.68. The van der Waals surface area contributed by atoms with E-state index in [1.807, 2.05) is 31.4 Å². The molecule has 0 atom stereocenters. The van der Waals surface area contributed by atoms with Gasteiger partial charge in [0.1, 0.15) is 24.0 Å². The fourth-order valence-electron chi connectivity index (χ4n) is 3.35.